The summed E-state index contributed by atoms with van der Waals surface area (Å²) in [6.45, 7) is 10.0. The van der Waals surface area contributed by atoms with Crippen LogP contribution in [0.5, 0.6) is 17.2 Å². The molecule has 1 saturated heterocycles. The van der Waals surface area contributed by atoms with Gasteiger partial charge in [-0.2, -0.15) is 0 Å². The first kappa shape index (κ1) is 24.5. The van der Waals surface area contributed by atoms with Crippen LogP contribution < -0.4 is 14.9 Å². The van der Waals surface area contributed by atoms with Crippen molar-refractivity contribution in [3.63, 3.8) is 0 Å². The number of hydrogen-bond acceptors (Lipinski definition) is 7. The summed E-state index contributed by atoms with van der Waals surface area (Å²) in [5.74, 6) is 1.12. The van der Waals surface area contributed by atoms with E-state index in [1.165, 1.54) is 6.26 Å². The van der Waals surface area contributed by atoms with Gasteiger partial charge in [-0.05, 0) is 63.1 Å². The minimum absolute atomic E-state index is 0.0895. The van der Waals surface area contributed by atoms with Crippen molar-refractivity contribution in [2.45, 2.75) is 46.0 Å². The fourth-order valence-electron chi connectivity index (χ4n) is 4.32. The van der Waals surface area contributed by atoms with E-state index < -0.39 is 6.10 Å². The van der Waals surface area contributed by atoms with Crippen LogP contribution in [-0.4, -0.2) is 54.6 Å². The molecule has 1 N–H and O–H groups in total. The van der Waals surface area contributed by atoms with Crippen molar-refractivity contribution in [3.8, 4) is 17.2 Å². The van der Waals surface area contributed by atoms with Gasteiger partial charge in [-0.1, -0.05) is 11.6 Å². The molecule has 2 aromatic carbocycles. The number of halogens is 1. The van der Waals surface area contributed by atoms with E-state index in [1.54, 1.807) is 30.3 Å². The molecular weight excluding hydrogens is 458 g/mol. The molecule has 0 aliphatic carbocycles. The minimum Gasteiger partial charge on any atom is -0.491 e. The zero-order chi connectivity index (χ0) is 24.4. The molecule has 0 bridgehead atoms. The number of β-amino-alcohol motifs (C(OH)–C–C–N with tert-alkyl or cyclic N) is 1. The lowest BCUT2D eigenvalue weighted by molar-refractivity contribution is -0.0786. The maximum absolute atomic E-state index is 12.9. The summed E-state index contributed by atoms with van der Waals surface area (Å²) in [6, 6.07) is 8.52. The largest absolute Gasteiger partial charge is 0.491 e. The van der Waals surface area contributed by atoms with E-state index in [2.05, 4.69) is 4.90 Å². The second-order valence-corrected chi connectivity index (χ2v) is 9.38. The van der Waals surface area contributed by atoms with Crippen molar-refractivity contribution in [2.24, 2.45) is 0 Å². The highest BCUT2D eigenvalue weighted by molar-refractivity contribution is 6.32. The molecule has 182 valence electrons. The molecular formula is C26H30ClNO6. The number of morpholine rings is 1. The zero-order valence-electron chi connectivity index (χ0n) is 19.8. The van der Waals surface area contributed by atoms with Crippen LogP contribution in [0, 0.1) is 13.8 Å². The Morgan fingerprint density at radius 2 is 1.79 bits per heavy atom. The molecule has 2 heterocycles. The fraction of sp³-hybridized carbons (Fsp3) is 0.423. The molecule has 7 nitrogen and oxygen atoms in total. The number of aliphatic hydroxyl groups excluding tert-OH is 1. The van der Waals surface area contributed by atoms with E-state index >= 15 is 0 Å². The van der Waals surface area contributed by atoms with Gasteiger partial charge < -0.3 is 23.7 Å². The van der Waals surface area contributed by atoms with Gasteiger partial charge in [-0.3, -0.25) is 9.69 Å². The summed E-state index contributed by atoms with van der Waals surface area (Å²) in [6.07, 6.45) is 0.926. The molecule has 4 rings (SSSR count). The van der Waals surface area contributed by atoms with Crippen molar-refractivity contribution in [3.05, 3.63) is 63.0 Å². The minimum atomic E-state index is -0.651. The highest BCUT2D eigenvalue weighted by Crippen LogP contribution is 2.29. The number of aliphatic hydroxyl groups is 1. The summed E-state index contributed by atoms with van der Waals surface area (Å²) < 4.78 is 22.9. The Balaban J connectivity index is 1.42. The Labute approximate surface area is 203 Å². The monoisotopic (exact) mass is 487 g/mol. The standard InChI is InChI=1S/C26H30ClNO6/c1-15-7-21(8-16(2)25(15)27)34-24-14-32-23-9-20(5-6-22(23)26(24)30)31-13-19(29)12-28-10-17(3)33-18(4)11-28/h5-9,14,17-19,29H,10-13H2,1-4H3/t17-,18-,19+/m0/s1. The average Bonchev–Trinajstić information content (AvgIpc) is 2.77. The lowest BCUT2D eigenvalue weighted by Gasteiger charge is -2.36. The van der Waals surface area contributed by atoms with Gasteiger partial charge >= 0.3 is 0 Å². The number of ether oxygens (including phenoxy) is 3. The molecule has 0 spiro atoms. The number of fused-ring (bicyclic) bond motifs is 1. The number of hydrogen-bond donors (Lipinski definition) is 1. The summed E-state index contributed by atoms with van der Waals surface area (Å²) >= 11 is 6.21. The molecule has 3 atom stereocenters. The smallest absolute Gasteiger partial charge is 0.235 e. The first-order valence-corrected chi connectivity index (χ1v) is 11.8. The number of aryl methyl sites for hydroxylation is 2. The summed E-state index contributed by atoms with van der Waals surface area (Å²) in [7, 11) is 0. The van der Waals surface area contributed by atoms with Gasteiger partial charge in [0.25, 0.3) is 0 Å². The van der Waals surface area contributed by atoms with Crippen LogP contribution >= 0.6 is 11.6 Å². The van der Waals surface area contributed by atoms with Crippen LogP contribution in [0.1, 0.15) is 25.0 Å². The van der Waals surface area contributed by atoms with E-state index in [-0.39, 0.29) is 30.0 Å². The van der Waals surface area contributed by atoms with Crippen molar-refractivity contribution in [2.75, 3.05) is 26.2 Å². The van der Waals surface area contributed by atoms with E-state index in [4.69, 9.17) is 30.2 Å². The van der Waals surface area contributed by atoms with Crippen LogP contribution in [-0.2, 0) is 4.74 Å². The molecule has 0 amide bonds. The van der Waals surface area contributed by atoms with E-state index in [1.807, 2.05) is 27.7 Å². The Kier molecular flexibility index (Phi) is 7.48. The van der Waals surface area contributed by atoms with Crippen molar-refractivity contribution < 1.29 is 23.7 Å². The van der Waals surface area contributed by atoms with E-state index in [9.17, 15) is 9.90 Å². The first-order valence-electron chi connectivity index (χ1n) is 11.4. The third kappa shape index (κ3) is 5.73. The topological polar surface area (TPSA) is 81.4 Å². The third-order valence-electron chi connectivity index (χ3n) is 5.76. The molecule has 0 saturated carbocycles. The fourth-order valence-corrected chi connectivity index (χ4v) is 4.43. The van der Waals surface area contributed by atoms with Crippen molar-refractivity contribution >= 4 is 22.6 Å². The molecule has 0 radical (unpaired) electrons. The second kappa shape index (κ2) is 10.4. The number of rotatable bonds is 7. The molecule has 1 aliphatic rings. The Morgan fingerprint density at radius 3 is 2.47 bits per heavy atom. The molecule has 8 heteroatoms. The van der Waals surface area contributed by atoms with Gasteiger partial charge in [0, 0.05) is 30.7 Å². The van der Waals surface area contributed by atoms with Crippen LogP contribution in [0.4, 0.5) is 0 Å². The lowest BCUT2D eigenvalue weighted by Crippen LogP contribution is -2.48. The SMILES string of the molecule is Cc1cc(Oc2coc3cc(OC[C@H](O)CN4C[C@H](C)O[C@@H](C)C4)ccc3c2=O)cc(C)c1Cl. The molecule has 1 fully saturated rings. The van der Waals surface area contributed by atoms with Gasteiger partial charge in [-0.25, -0.2) is 0 Å². The lowest BCUT2D eigenvalue weighted by atomic mass is 10.1. The van der Waals surface area contributed by atoms with Crippen LogP contribution in [0.25, 0.3) is 11.0 Å². The average molecular weight is 488 g/mol. The number of nitrogens with zero attached hydrogens (tertiary/aromatic N) is 1. The Bertz CT molecular complexity index is 1190. The van der Waals surface area contributed by atoms with Gasteiger partial charge in [0.05, 0.1) is 17.6 Å². The van der Waals surface area contributed by atoms with E-state index in [0.29, 0.717) is 34.0 Å². The number of benzene rings is 2. The van der Waals surface area contributed by atoms with Crippen LogP contribution in [0.3, 0.4) is 0 Å². The van der Waals surface area contributed by atoms with Gasteiger partial charge in [0.15, 0.2) is 0 Å². The Morgan fingerprint density at radius 1 is 1.12 bits per heavy atom. The predicted molar refractivity (Wildman–Crippen MR) is 131 cm³/mol. The molecule has 3 aromatic rings. The molecule has 0 unspecified atom stereocenters. The molecule has 1 aliphatic heterocycles. The first-order chi connectivity index (χ1) is 16.2. The van der Waals surface area contributed by atoms with Gasteiger partial charge in [0.1, 0.15) is 36.1 Å². The maximum Gasteiger partial charge on any atom is 0.235 e. The Hall–Kier alpha value is -2.58. The zero-order valence-corrected chi connectivity index (χ0v) is 20.6. The van der Waals surface area contributed by atoms with Crippen molar-refractivity contribution in [1.29, 1.82) is 0 Å². The molecule has 1 aromatic heterocycles. The van der Waals surface area contributed by atoms with Crippen LogP contribution in [0.2, 0.25) is 5.02 Å². The molecule has 34 heavy (non-hydrogen) atoms. The highest BCUT2D eigenvalue weighted by atomic mass is 35.5. The van der Waals surface area contributed by atoms with Crippen LogP contribution in [0.15, 0.2) is 45.8 Å². The quantitative estimate of drug-likeness (QED) is 0.517. The van der Waals surface area contributed by atoms with Gasteiger partial charge in [-0.15, -0.1) is 0 Å². The third-order valence-corrected chi connectivity index (χ3v) is 6.35. The van der Waals surface area contributed by atoms with Gasteiger partial charge in [0.2, 0.25) is 11.2 Å². The summed E-state index contributed by atoms with van der Waals surface area (Å²) in [5.41, 5.74) is 1.82. The van der Waals surface area contributed by atoms with E-state index in [0.717, 1.165) is 24.2 Å². The maximum atomic E-state index is 12.9. The normalized spacial score (nSPS) is 19.8. The summed E-state index contributed by atoms with van der Waals surface area (Å²) in [4.78, 5) is 15.1. The second-order valence-electron chi connectivity index (χ2n) is 9.00. The predicted octanol–water partition coefficient (Wildman–Crippen LogP) is 4.70. The highest BCUT2D eigenvalue weighted by Gasteiger charge is 2.24. The van der Waals surface area contributed by atoms with Crippen molar-refractivity contribution in [1.82, 2.24) is 4.90 Å². The summed E-state index contributed by atoms with van der Waals surface area (Å²) in [5, 5.41) is 11.5.